The van der Waals surface area contributed by atoms with Crippen LogP contribution in [0.25, 0.3) is 0 Å². The number of nitrogens with zero attached hydrogens (tertiary/aromatic N) is 2. The van der Waals surface area contributed by atoms with Gasteiger partial charge in [-0.2, -0.15) is 0 Å². The van der Waals surface area contributed by atoms with Crippen molar-refractivity contribution >= 4 is 21.6 Å². The molecule has 150 valence electrons. The summed E-state index contributed by atoms with van der Waals surface area (Å²) < 4.78 is 32.9. The summed E-state index contributed by atoms with van der Waals surface area (Å²) in [6.45, 7) is 5.61. The average molecular weight is 403 g/mol. The lowest BCUT2D eigenvalue weighted by Crippen LogP contribution is -2.32. The molecule has 1 amide bonds. The maximum Gasteiger partial charge on any atom is 0.264 e. The van der Waals surface area contributed by atoms with Crippen LogP contribution < -0.4 is 9.04 Å². The van der Waals surface area contributed by atoms with E-state index in [4.69, 9.17) is 4.74 Å². The first-order chi connectivity index (χ1) is 13.4. The van der Waals surface area contributed by atoms with Gasteiger partial charge in [0.15, 0.2) is 6.61 Å². The standard InChI is InChI=1S/C21H26N2O4S/c1-3-23(28(25,26)20-12-6-17(2)7-13-20)18-8-10-19(11-9-18)27-16-21(24)22-14-4-5-15-22/h6-13H,3-5,14-16H2,1-2H3. The van der Waals surface area contributed by atoms with Crippen LogP contribution in [0.4, 0.5) is 5.69 Å². The van der Waals surface area contributed by atoms with E-state index in [1.807, 2.05) is 6.92 Å². The van der Waals surface area contributed by atoms with Crippen molar-refractivity contribution in [3.05, 3.63) is 54.1 Å². The van der Waals surface area contributed by atoms with Crippen LogP contribution in [-0.2, 0) is 14.8 Å². The van der Waals surface area contributed by atoms with Crippen LogP contribution in [0, 0.1) is 6.92 Å². The number of carbonyl (C=O) groups excluding carboxylic acids is 1. The zero-order valence-corrected chi connectivity index (χ0v) is 17.1. The van der Waals surface area contributed by atoms with E-state index >= 15 is 0 Å². The van der Waals surface area contributed by atoms with Crippen LogP contribution in [0.2, 0.25) is 0 Å². The Bertz CT molecular complexity index is 902. The normalized spacial score (nSPS) is 14.1. The molecule has 1 aliphatic rings. The van der Waals surface area contributed by atoms with E-state index in [-0.39, 0.29) is 17.4 Å². The van der Waals surface area contributed by atoms with Crippen molar-refractivity contribution in [2.75, 3.05) is 30.5 Å². The van der Waals surface area contributed by atoms with Crippen molar-refractivity contribution in [3.8, 4) is 5.75 Å². The van der Waals surface area contributed by atoms with Crippen LogP contribution in [0.1, 0.15) is 25.3 Å². The van der Waals surface area contributed by atoms with Crippen molar-refractivity contribution in [3.63, 3.8) is 0 Å². The smallest absolute Gasteiger partial charge is 0.264 e. The third kappa shape index (κ3) is 4.47. The summed E-state index contributed by atoms with van der Waals surface area (Å²) in [4.78, 5) is 14.1. The molecule has 1 aliphatic heterocycles. The quantitative estimate of drug-likeness (QED) is 0.713. The third-order valence-corrected chi connectivity index (χ3v) is 6.76. The van der Waals surface area contributed by atoms with Gasteiger partial charge >= 0.3 is 0 Å². The number of hydrogen-bond donors (Lipinski definition) is 0. The van der Waals surface area contributed by atoms with E-state index in [0.717, 1.165) is 31.5 Å². The highest BCUT2D eigenvalue weighted by Gasteiger charge is 2.23. The molecule has 1 saturated heterocycles. The number of hydrogen-bond acceptors (Lipinski definition) is 4. The highest BCUT2D eigenvalue weighted by Crippen LogP contribution is 2.26. The molecule has 1 fully saturated rings. The van der Waals surface area contributed by atoms with Crippen LogP contribution in [-0.4, -0.2) is 45.5 Å². The van der Waals surface area contributed by atoms with Crippen molar-refractivity contribution < 1.29 is 17.9 Å². The van der Waals surface area contributed by atoms with Crippen molar-refractivity contribution in [2.45, 2.75) is 31.6 Å². The SMILES string of the molecule is CCN(c1ccc(OCC(=O)N2CCCC2)cc1)S(=O)(=O)c1ccc(C)cc1. The van der Waals surface area contributed by atoms with Crippen molar-refractivity contribution in [1.29, 1.82) is 0 Å². The largest absolute Gasteiger partial charge is 0.484 e. The van der Waals surface area contributed by atoms with E-state index < -0.39 is 10.0 Å². The summed E-state index contributed by atoms with van der Waals surface area (Å²) in [5, 5.41) is 0. The van der Waals surface area contributed by atoms with Gasteiger partial charge in [0.2, 0.25) is 0 Å². The fraction of sp³-hybridized carbons (Fsp3) is 0.381. The van der Waals surface area contributed by atoms with Crippen LogP contribution in [0.5, 0.6) is 5.75 Å². The van der Waals surface area contributed by atoms with E-state index in [1.54, 1.807) is 60.4 Å². The number of aryl methyl sites for hydroxylation is 1. The van der Waals surface area contributed by atoms with E-state index in [0.29, 0.717) is 18.0 Å². The van der Waals surface area contributed by atoms with E-state index in [1.165, 1.54) is 4.31 Å². The molecule has 0 radical (unpaired) electrons. The lowest BCUT2D eigenvalue weighted by Gasteiger charge is -2.23. The molecule has 0 aromatic heterocycles. The Morgan fingerprint density at radius 2 is 1.64 bits per heavy atom. The second-order valence-electron chi connectivity index (χ2n) is 6.85. The van der Waals surface area contributed by atoms with Crippen molar-refractivity contribution in [2.24, 2.45) is 0 Å². The van der Waals surface area contributed by atoms with Gasteiger partial charge in [-0.05, 0) is 63.1 Å². The first-order valence-electron chi connectivity index (χ1n) is 9.52. The van der Waals surface area contributed by atoms with Gasteiger partial charge in [0.1, 0.15) is 5.75 Å². The molecule has 0 saturated carbocycles. The molecule has 0 spiro atoms. The molecule has 0 N–H and O–H groups in total. The minimum absolute atomic E-state index is 0.00148. The van der Waals surface area contributed by atoms with Crippen LogP contribution >= 0.6 is 0 Å². The highest BCUT2D eigenvalue weighted by molar-refractivity contribution is 7.92. The van der Waals surface area contributed by atoms with Gasteiger partial charge < -0.3 is 9.64 Å². The van der Waals surface area contributed by atoms with Gasteiger partial charge in [0.25, 0.3) is 15.9 Å². The number of anilines is 1. The first kappa shape index (κ1) is 20.2. The van der Waals surface area contributed by atoms with Gasteiger partial charge in [0.05, 0.1) is 10.6 Å². The predicted octanol–water partition coefficient (Wildman–Crippen LogP) is 3.21. The number of sulfonamides is 1. The van der Waals surface area contributed by atoms with E-state index in [9.17, 15) is 13.2 Å². The molecule has 2 aromatic rings. The second kappa shape index (κ2) is 8.65. The topological polar surface area (TPSA) is 66.9 Å². The Kier molecular flexibility index (Phi) is 6.24. The van der Waals surface area contributed by atoms with Crippen LogP contribution in [0.3, 0.4) is 0 Å². The minimum Gasteiger partial charge on any atom is -0.484 e. The Hall–Kier alpha value is -2.54. The summed E-state index contributed by atoms with van der Waals surface area (Å²) in [5.74, 6) is 0.527. The first-order valence-corrected chi connectivity index (χ1v) is 11.0. The van der Waals surface area contributed by atoms with Gasteiger partial charge in [-0.1, -0.05) is 17.7 Å². The molecule has 7 heteroatoms. The molecule has 1 heterocycles. The fourth-order valence-electron chi connectivity index (χ4n) is 3.24. The number of carbonyl (C=O) groups is 1. The molecule has 2 aromatic carbocycles. The highest BCUT2D eigenvalue weighted by atomic mass is 32.2. The lowest BCUT2D eigenvalue weighted by molar-refractivity contribution is -0.132. The maximum absolute atomic E-state index is 13.0. The summed E-state index contributed by atoms with van der Waals surface area (Å²) in [5.41, 5.74) is 1.56. The number of rotatable bonds is 7. The van der Waals surface area contributed by atoms with Gasteiger partial charge in [-0.3, -0.25) is 9.10 Å². The summed E-state index contributed by atoms with van der Waals surface area (Å²) >= 11 is 0. The zero-order chi connectivity index (χ0) is 20.1. The fourth-order valence-corrected chi connectivity index (χ4v) is 4.71. The van der Waals surface area contributed by atoms with E-state index in [2.05, 4.69) is 0 Å². The third-order valence-electron chi connectivity index (χ3n) is 4.84. The number of amides is 1. The molecule has 0 aliphatic carbocycles. The predicted molar refractivity (Wildman–Crippen MR) is 109 cm³/mol. The molecule has 6 nitrogen and oxygen atoms in total. The Morgan fingerprint density at radius 1 is 1.04 bits per heavy atom. The number of likely N-dealkylation sites (tertiary alicyclic amines) is 1. The summed E-state index contributed by atoms with van der Waals surface area (Å²) in [6, 6.07) is 13.6. The maximum atomic E-state index is 13.0. The van der Waals surface area contributed by atoms with Gasteiger partial charge in [0, 0.05) is 19.6 Å². The molecular formula is C21H26N2O4S. The number of ether oxygens (including phenoxy) is 1. The Balaban J connectivity index is 1.69. The summed E-state index contributed by atoms with van der Waals surface area (Å²) in [7, 11) is -3.64. The minimum atomic E-state index is -3.64. The molecule has 28 heavy (non-hydrogen) atoms. The number of benzene rings is 2. The summed E-state index contributed by atoms with van der Waals surface area (Å²) in [6.07, 6.45) is 2.09. The lowest BCUT2D eigenvalue weighted by atomic mass is 10.2. The molecule has 0 atom stereocenters. The average Bonchev–Trinajstić information content (AvgIpc) is 3.23. The Morgan fingerprint density at radius 3 is 2.21 bits per heavy atom. The molecule has 3 rings (SSSR count). The molecular weight excluding hydrogens is 376 g/mol. The second-order valence-corrected chi connectivity index (χ2v) is 8.72. The van der Waals surface area contributed by atoms with Crippen molar-refractivity contribution in [1.82, 2.24) is 4.90 Å². The zero-order valence-electron chi connectivity index (χ0n) is 16.3. The van der Waals surface area contributed by atoms with Gasteiger partial charge in [-0.25, -0.2) is 8.42 Å². The molecule has 0 bridgehead atoms. The van der Waals surface area contributed by atoms with Gasteiger partial charge in [-0.15, -0.1) is 0 Å². The molecule has 0 unspecified atom stereocenters. The monoisotopic (exact) mass is 402 g/mol. The van der Waals surface area contributed by atoms with Crippen LogP contribution in [0.15, 0.2) is 53.4 Å². The Labute approximate surface area is 166 Å².